The maximum Gasteiger partial charge on any atom is 0.128 e. The van der Waals surface area contributed by atoms with E-state index < -0.39 is 0 Å². The fourth-order valence-corrected chi connectivity index (χ4v) is 2.24. The molecule has 2 unspecified atom stereocenters. The molecule has 0 spiro atoms. The molecule has 1 aliphatic rings. The number of hydrogen-bond acceptors (Lipinski definition) is 2. The Morgan fingerprint density at radius 3 is 3.00 bits per heavy atom. The molecule has 1 fully saturated rings. The summed E-state index contributed by atoms with van der Waals surface area (Å²) < 4.78 is 19.6. The van der Waals surface area contributed by atoms with E-state index in [0.717, 1.165) is 17.5 Å². The van der Waals surface area contributed by atoms with Crippen LogP contribution in [0.15, 0.2) is 22.7 Å². The smallest absolute Gasteiger partial charge is 0.128 e. The minimum atomic E-state index is -0.273. The molecule has 2 N–H and O–H groups in total. The average molecular weight is 274 g/mol. The molecule has 0 saturated carbocycles. The maximum atomic E-state index is 13.5. The SMILES string of the molecule is NC(c1cc(Br)ccc1F)C1CCOC1. The lowest BCUT2D eigenvalue weighted by Crippen LogP contribution is -2.22. The maximum absolute atomic E-state index is 13.5. The summed E-state index contributed by atoms with van der Waals surface area (Å²) in [5, 5.41) is 0. The predicted octanol–water partition coefficient (Wildman–Crippen LogP) is 2.62. The van der Waals surface area contributed by atoms with Gasteiger partial charge >= 0.3 is 0 Å². The van der Waals surface area contributed by atoms with E-state index in [9.17, 15) is 4.39 Å². The van der Waals surface area contributed by atoms with Crippen molar-refractivity contribution in [2.24, 2.45) is 11.7 Å². The largest absolute Gasteiger partial charge is 0.381 e. The van der Waals surface area contributed by atoms with Gasteiger partial charge in [-0.2, -0.15) is 0 Å². The van der Waals surface area contributed by atoms with Crippen LogP contribution in [0.5, 0.6) is 0 Å². The zero-order valence-electron chi connectivity index (χ0n) is 8.25. The van der Waals surface area contributed by atoms with Crippen LogP contribution in [-0.4, -0.2) is 13.2 Å². The second kappa shape index (κ2) is 4.60. The van der Waals surface area contributed by atoms with Gasteiger partial charge in [0.05, 0.1) is 6.61 Å². The van der Waals surface area contributed by atoms with E-state index in [1.54, 1.807) is 12.1 Å². The Bertz CT molecular complexity index is 352. The van der Waals surface area contributed by atoms with Gasteiger partial charge in [-0.25, -0.2) is 4.39 Å². The highest BCUT2D eigenvalue weighted by molar-refractivity contribution is 9.10. The van der Waals surface area contributed by atoms with Crippen molar-refractivity contribution >= 4 is 15.9 Å². The van der Waals surface area contributed by atoms with Crippen LogP contribution < -0.4 is 5.73 Å². The first kappa shape index (κ1) is 11.0. The lowest BCUT2D eigenvalue weighted by molar-refractivity contribution is 0.180. The van der Waals surface area contributed by atoms with Crippen molar-refractivity contribution in [3.8, 4) is 0 Å². The molecule has 4 heteroatoms. The molecule has 0 bridgehead atoms. The highest BCUT2D eigenvalue weighted by Gasteiger charge is 2.25. The van der Waals surface area contributed by atoms with Crippen LogP contribution in [0.2, 0.25) is 0 Å². The molecule has 1 aliphatic heterocycles. The molecule has 2 rings (SSSR count). The minimum absolute atomic E-state index is 0.230. The van der Waals surface area contributed by atoms with Gasteiger partial charge in [0.1, 0.15) is 5.82 Å². The Labute approximate surface area is 96.7 Å². The molecular formula is C11H13BrFNO. The first-order valence-electron chi connectivity index (χ1n) is 4.97. The van der Waals surface area contributed by atoms with Crippen LogP contribution in [-0.2, 0) is 4.74 Å². The first-order valence-corrected chi connectivity index (χ1v) is 5.76. The molecule has 1 aromatic rings. The quantitative estimate of drug-likeness (QED) is 0.899. The Balaban J connectivity index is 2.23. The first-order chi connectivity index (χ1) is 7.18. The van der Waals surface area contributed by atoms with E-state index in [1.165, 1.54) is 6.07 Å². The van der Waals surface area contributed by atoms with E-state index in [2.05, 4.69) is 15.9 Å². The summed E-state index contributed by atoms with van der Waals surface area (Å²) in [4.78, 5) is 0. The Kier molecular flexibility index (Phi) is 3.38. The molecule has 1 aromatic carbocycles. The number of hydrogen-bond donors (Lipinski definition) is 1. The van der Waals surface area contributed by atoms with Crippen LogP contribution in [0, 0.1) is 11.7 Å². The fourth-order valence-electron chi connectivity index (χ4n) is 1.86. The standard InChI is InChI=1S/C11H13BrFNO/c12-8-1-2-10(13)9(5-8)11(14)7-3-4-15-6-7/h1-2,5,7,11H,3-4,6,14H2. The van der Waals surface area contributed by atoms with Crippen molar-refractivity contribution in [2.45, 2.75) is 12.5 Å². The van der Waals surface area contributed by atoms with Gasteiger partial charge in [-0.15, -0.1) is 0 Å². The van der Waals surface area contributed by atoms with Crippen LogP contribution in [0.3, 0.4) is 0 Å². The lowest BCUT2D eigenvalue weighted by Gasteiger charge is -2.18. The predicted molar refractivity (Wildman–Crippen MR) is 60.0 cm³/mol. The van der Waals surface area contributed by atoms with Crippen molar-refractivity contribution in [2.75, 3.05) is 13.2 Å². The number of rotatable bonds is 2. The van der Waals surface area contributed by atoms with Crippen LogP contribution >= 0.6 is 15.9 Å². The second-order valence-corrected chi connectivity index (χ2v) is 4.73. The molecule has 0 aromatic heterocycles. The highest BCUT2D eigenvalue weighted by atomic mass is 79.9. The van der Waals surface area contributed by atoms with E-state index in [1.807, 2.05) is 0 Å². The van der Waals surface area contributed by atoms with Crippen molar-refractivity contribution in [3.63, 3.8) is 0 Å². The molecule has 0 amide bonds. The Hall–Kier alpha value is -0.450. The van der Waals surface area contributed by atoms with E-state index in [4.69, 9.17) is 10.5 Å². The van der Waals surface area contributed by atoms with E-state index >= 15 is 0 Å². The number of nitrogens with two attached hydrogens (primary N) is 1. The molecule has 0 aliphatic carbocycles. The second-order valence-electron chi connectivity index (χ2n) is 3.82. The Morgan fingerprint density at radius 1 is 1.53 bits per heavy atom. The normalized spacial score (nSPS) is 23.0. The zero-order chi connectivity index (χ0) is 10.8. The van der Waals surface area contributed by atoms with Gasteiger partial charge in [-0.05, 0) is 24.6 Å². The van der Waals surface area contributed by atoms with Gasteiger partial charge in [-0.3, -0.25) is 0 Å². The third-order valence-corrected chi connectivity index (χ3v) is 3.28. The molecule has 1 saturated heterocycles. The average Bonchev–Trinajstić information content (AvgIpc) is 2.74. The molecular weight excluding hydrogens is 261 g/mol. The number of ether oxygens (including phenoxy) is 1. The molecule has 82 valence electrons. The summed E-state index contributed by atoms with van der Waals surface area (Å²) >= 11 is 3.32. The van der Waals surface area contributed by atoms with Crippen LogP contribution in [0.4, 0.5) is 4.39 Å². The van der Waals surface area contributed by atoms with Gasteiger partial charge in [0.2, 0.25) is 0 Å². The number of halogens is 2. The zero-order valence-corrected chi connectivity index (χ0v) is 9.84. The summed E-state index contributed by atoms with van der Waals surface area (Å²) in [5.41, 5.74) is 6.60. The summed E-state index contributed by atoms with van der Waals surface area (Å²) in [5.74, 6) is -0.00796. The topological polar surface area (TPSA) is 35.2 Å². The van der Waals surface area contributed by atoms with Gasteiger partial charge in [-0.1, -0.05) is 15.9 Å². The van der Waals surface area contributed by atoms with Crippen molar-refractivity contribution in [1.82, 2.24) is 0 Å². The Morgan fingerprint density at radius 2 is 2.33 bits per heavy atom. The molecule has 2 nitrogen and oxygen atoms in total. The highest BCUT2D eigenvalue weighted by Crippen LogP contribution is 2.29. The summed E-state index contributed by atoms with van der Waals surface area (Å²) in [6, 6.07) is 4.59. The van der Waals surface area contributed by atoms with Gasteiger partial charge in [0, 0.05) is 28.6 Å². The van der Waals surface area contributed by atoms with E-state index in [-0.39, 0.29) is 17.8 Å². The molecule has 15 heavy (non-hydrogen) atoms. The van der Waals surface area contributed by atoms with Gasteiger partial charge in [0.15, 0.2) is 0 Å². The number of benzene rings is 1. The summed E-state index contributed by atoms with van der Waals surface area (Å²) in [6.45, 7) is 1.36. The molecule has 0 radical (unpaired) electrons. The fraction of sp³-hybridized carbons (Fsp3) is 0.455. The summed E-state index contributed by atoms with van der Waals surface area (Å²) in [6.07, 6.45) is 0.910. The summed E-state index contributed by atoms with van der Waals surface area (Å²) in [7, 11) is 0. The molecule has 1 heterocycles. The van der Waals surface area contributed by atoms with Crippen LogP contribution in [0.25, 0.3) is 0 Å². The third-order valence-electron chi connectivity index (χ3n) is 2.79. The minimum Gasteiger partial charge on any atom is -0.381 e. The van der Waals surface area contributed by atoms with Gasteiger partial charge < -0.3 is 10.5 Å². The van der Waals surface area contributed by atoms with Crippen LogP contribution in [0.1, 0.15) is 18.0 Å². The lowest BCUT2D eigenvalue weighted by atomic mass is 9.93. The molecule has 2 atom stereocenters. The monoisotopic (exact) mass is 273 g/mol. The van der Waals surface area contributed by atoms with Gasteiger partial charge in [0.25, 0.3) is 0 Å². The van der Waals surface area contributed by atoms with Crippen molar-refractivity contribution in [3.05, 3.63) is 34.1 Å². The third kappa shape index (κ3) is 2.38. The van der Waals surface area contributed by atoms with E-state index in [0.29, 0.717) is 12.2 Å². The van der Waals surface area contributed by atoms with Crippen molar-refractivity contribution in [1.29, 1.82) is 0 Å². The van der Waals surface area contributed by atoms with Crippen molar-refractivity contribution < 1.29 is 9.13 Å².